The van der Waals surface area contributed by atoms with Crippen molar-refractivity contribution < 1.29 is 9.18 Å². The van der Waals surface area contributed by atoms with Crippen molar-refractivity contribution in [3.63, 3.8) is 0 Å². The van der Waals surface area contributed by atoms with Gasteiger partial charge in [0.1, 0.15) is 6.33 Å². The molecule has 3 heterocycles. The largest absolute Gasteiger partial charge is 0.346 e. The lowest BCUT2D eigenvalue weighted by Crippen LogP contribution is -2.37. The first-order valence-electron chi connectivity index (χ1n) is 9.19. The molecule has 0 radical (unpaired) electrons. The highest BCUT2D eigenvalue weighted by Gasteiger charge is 2.26. The van der Waals surface area contributed by atoms with E-state index in [1.807, 2.05) is 36.4 Å². The van der Waals surface area contributed by atoms with Crippen molar-refractivity contribution in [3.8, 4) is 0 Å². The van der Waals surface area contributed by atoms with Crippen LogP contribution in [0.25, 0.3) is 0 Å². The van der Waals surface area contributed by atoms with E-state index in [0.717, 1.165) is 27.4 Å². The van der Waals surface area contributed by atoms with E-state index >= 15 is 0 Å². The zero-order valence-electron chi connectivity index (χ0n) is 15.6. The Kier molecular flexibility index (Phi) is 5.41. The highest BCUT2D eigenvalue weighted by Crippen LogP contribution is 2.30. The minimum Gasteiger partial charge on any atom is -0.327 e. The fourth-order valence-electron chi connectivity index (χ4n) is 3.33. The van der Waals surface area contributed by atoms with Gasteiger partial charge in [-0.2, -0.15) is 5.10 Å². The summed E-state index contributed by atoms with van der Waals surface area (Å²) in [4.78, 5) is 28.0. The Bertz CT molecular complexity index is 1130. The summed E-state index contributed by atoms with van der Waals surface area (Å²) in [5, 5.41) is 4.88. The van der Waals surface area contributed by atoms with Crippen molar-refractivity contribution >= 4 is 22.2 Å². The normalized spacial score (nSPS) is 14.3. The van der Waals surface area contributed by atoms with Crippen molar-refractivity contribution in [1.82, 2.24) is 14.3 Å². The average molecular weight is 413 g/mol. The average Bonchev–Trinajstić information content (AvgIpc) is 3.34. The molecular formula is C20H20FN5O2S. The molecule has 150 valence electrons. The SMILES string of the molecule is NC/C(=C\F)Cn1ncn(Cc2ccc(N3CCc4ccccc4C3=O)s2)c1=O. The van der Waals surface area contributed by atoms with Crippen molar-refractivity contribution in [1.29, 1.82) is 0 Å². The van der Waals surface area contributed by atoms with Crippen LogP contribution in [0.1, 0.15) is 20.8 Å². The Hall–Kier alpha value is -3.04. The number of carbonyl (C=O) groups excluding carboxylic acids is 1. The molecule has 1 aliphatic rings. The Morgan fingerprint density at radius 3 is 2.86 bits per heavy atom. The first-order chi connectivity index (χ1) is 14.1. The molecule has 1 aliphatic heterocycles. The van der Waals surface area contributed by atoms with E-state index in [1.54, 1.807) is 4.90 Å². The second-order valence-corrected chi connectivity index (χ2v) is 7.92. The van der Waals surface area contributed by atoms with Crippen molar-refractivity contribution in [2.24, 2.45) is 5.73 Å². The van der Waals surface area contributed by atoms with Crippen molar-refractivity contribution in [2.45, 2.75) is 19.5 Å². The highest BCUT2D eigenvalue weighted by atomic mass is 32.1. The molecule has 0 bridgehead atoms. The van der Waals surface area contributed by atoms with Gasteiger partial charge in [-0.25, -0.2) is 13.9 Å². The summed E-state index contributed by atoms with van der Waals surface area (Å²) in [5.41, 5.74) is 7.20. The van der Waals surface area contributed by atoms with E-state index in [9.17, 15) is 14.0 Å². The van der Waals surface area contributed by atoms with E-state index in [2.05, 4.69) is 5.10 Å². The van der Waals surface area contributed by atoms with Crippen LogP contribution >= 0.6 is 11.3 Å². The number of nitrogens with two attached hydrogens (primary N) is 1. The maximum absolute atomic E-state index is 12.8. The lowest BCUT2D eigenvalue weighted by molar-refractivity contribution is 0.0981. The summed E-state index contributed by atoms with van der Waals surface area (Å²) < 4.78 is 15.3. The molecule has 29 heavy (non-hydrogen) atoms. The number of hydrogen-bond acceptors (Lipinski definition) is 5. The minimum absolute atomic E-state index is 0.00226. The number of benzene rings is 1. The van der Waals surface area contributed by atoms with Crippen LogP contribution in [0, 0.1) is 0 Å². The molecule has 2 N–H and O–H groups in total. The zero-order chi connectivity index (χ0) is 20.4. The summed E-state index contributed by atoms with van der Waals surface area (Å²) in [6, 6.07) is 11.5. The second kappa shape index (κ2) is 8.14. The molecule has 0 saturated heterocycles. The van der Waals surface area contributed by atoms with Gasteiger partial charge in [0.05, 0.1) is 24.4 Å². The summed E-state index contributed by atoms with van der Waals surface area (Å²) in [5.74, 6) is -0.00226. The molecule has 9 heteroatoms. The molecule has 2 aromatic heterocycles. The smallest absolute Gasteiger partial charge is 0.327 e. The van der Waals surface area contributed by atoms with Gasteiger partial charge in [0.25, 0.3) is 5.91 Å². The third-order valence-corrected chi connectivity index (χ3v) is 6.00. The highest BCUT2D eigenvalue weighted by molar-refractivity contribution is 7.16. The molecule has 3 aromatic rings. The standard InChI is InChI=1S/C20H20FN5O2S/c21-9-14(10-22)11-26-20(28)24(13-23-26)12-16-5-6-18(29-16)25-8-7-15-3-1-2-4-17(15)19(25)27/h1-6,9,13H,7-8,10-12,22H2/b14-9+. The predicted molar refractivity (Wildman–Crippen MR) is 110 cm³/mol. The van der Waals surface area contributed by atoms with Gasteiger partial charge in [-0.05, 0) is 35.8 Å². The molecule has 1 amide bonds. The maximum atomic E-state index is 12.8. The second-order valence-electron chi connectivity index (χ2n) is 6.77. The third kappa shape index (κ3) is 3.79. The van der Waals surface area contributed by atoms with Crippen molar-refractivity contribution in [2.75, 3.05) is 18.0 Å². The van der Waals surface area contributed by atoms with Gasteiger partial charge in [-0.15, -0.1) is 11.3 Å². The third-order valence-electron chi connectivity index (χ3n) is 4.90. The molecule has 0 saturated carbocycles. The van der Waals surface area contributed by atoms with Crippen LogP contribution < -0.4 is 16.3 Å². The lowest BCUT2D eigenvalue weighted by Gasteiger charge is -2.27. The molecule has 0 spiro atoms. The van der Waals surface area contributed by atoms with E-state index in [4.69, 9.17) is 5.73 Å². The van der Waals surface area contributed by atoms with Crippen LogP contribution in [0.4, 0.5) is 9.39 Å². The number of amides is 1. The molecule has 4 rings (SSSR count). The molecule has 1 aromatic carbocycles. The van der Waals surface area contributed by atoms with E-state index in [-0.39, 0.29) is 24.7 Å². The zero-order valence-corrected chi connectivity index (χ0v) is 16.4. The van der Waals surface area contributed by atoms with Crippen LogP contribution in [0.2, 0.25) is 0 Å². The Labute approximate surface area is 170 Å². The van der Waals surface area contributed by atoms with Gasteiger partial charge >= 0.3 is 5.69 Å². The quantitative estimate of drug-likeness (QED) is 0.671. The Balaban J connectivity index is 1.50. The lowest BCUT2D eigenvalue weighted by atomic mass is 9.99. The number of halogens is 1. The van der Waals surface area contributed by atoms with Crippen LogP contribution in [-0.4, -0.2) is 33.3 Å². The van der Waals surface area contributed by atoms with Crippen LogP contribution in [0.3, 0.4) is 0 Å². The number of fused-ring (bicyclic) bond motifs is 1. The topological polar surface area (TPSA) is 86.2 Å². The van der Waals surface area contributed by atoms with Gasteiger partial charge in [0, 0.05) is 23.5 Å². The first-order valence-corrected chi connectivity index (χ1v) is 10.0. The number of thiophene rings is 1. The predicted octanol–water partition coefficient (Wildman–Crippen LogP) is 2.17. The summed E-state index contributed by atoms with van der Waals surface area (Å²) in [7, 11) is 0. The monoisotopic (exact) mass is 413 g/mol. The molecular weight excluding hydrogens is 393 g/mol. The Morgan fingerprint density at radius 2 is 2.07 bits per heavy atom. The van der Waals surface area contributed by atoms with Gasteiger partial charge < -0.3 is 5.73 Å². The van der Waals surface area contributed by atoms with Gasteiger partial charge in [0.15, 0.2) is 0 Å². The molecule has 0 unspecified atom stereocenters. The number of nitrogens with zero attached hydrogens (tertiary/aromatic N) is 4. The number of carbonyl (C=O) groups is 1. The van der Waals surface area contributed by atoms with Crippen LogP contribution in [-0.2, 0) is 19.5 Å². The summed E-state index contributed by atoms with van der Waals surface area (Å²) in [6.07, 6.45) is 2.65. The number of hydrogen-bond donors (Lipinski definition) is 1. The fraction of sp³-hybridized carbons (Fsp3) is 0.250. The van der Waals surface area contributed by atoms with Gasteiger partial charge in [-0.3, -0.25) is 14.3 Å². The number of rotatable bonds is 6. The fourth-order valence-corrected chi connectivity index (χ4v) is 4.35. The Morgan fingerprint density at radius 1 is 1.24 bits per heavy atom. The van der Waals surface area contributed by atoms with E-state index in [0.29, 0.717) is 25.0 Å². The summed E-state index contributed by atoms with van der Waals surface area (Å²) >= 11 is 1.47. The van der Waals surface area contributed by atoms with Crippen molar-refractivity contribution in [3.05, 3.63) is 81.1 Å². The molecule has 0 aliphatic carbocycles. The number of aromatic nitrogens is 3. The van der Waals surface area contributed by atoms with Gasteiger partial charge in [-0.1, -0.05) is 18.2 Å². The molecule has 0 atom stereocenters. The summed E-state index contributed by atoms with van der Waals surface area (Å²) in [6.45, 7) is 1.01. The van der Waals surface area contributed by atoms with Gasteiger partial charge in [0.2, 0.25) is 0 Å². The van der Waals surface area contributed by atoms with Crippen LogP contribution in [0.15, 0.2) is 59.4 Å². The molecule has 0 fully saturated rings. The first kappa shape index (κ1) is 19.3. The van der Waals surface area contributed by atoms with Crippen LogP contribution in [0.5, 0.6) is 0 Å². The van der Waals surface area contributed by atoms with E-state index < -0.39 is 0 Å². The minimum atomic E-state index is -0.337. The number of anilines is 1. The maximum Gasteiger partial charge on any atom is 0.346 e. The molecule has 7 nitrogen and oxygen atoms in total. The van der Waals surface area contributed by atoms with E-state index in [1.165, 1.54) is 26.9 Å².